The highest BCUT2D eigenvalue weighted by atomic mass is 19.1. The van der Waals surface area contributed by atoms with Crippen LogP contribution in [0, 0.1) is 11.6 Å². The second-order valence-corrected chi connectivity index (χ2v) is 10.1. The molecular weight excluding hydrogens is 503 g/mol. The van der Waals surface area contributed by atoms with Gasteiger partial charge in [0.15, 0.2) is 11.6 Å². The highest BCUT2D eigenvalue weighted by molar-refractivity contribution is 5.88. The van der Waals surface area contributed by atoms with Crippen LogP contribution in [0.4, 0.5) is 13.2 Å². The molecule has 5 rings (SSSR count). The van der Waals surface area contributed by atoms with E-state index in [0.717, 1.165) is 79.0 Å². The third-order valence-corrected chi connectivity index (χ3v) is 7.46. The van der Waals surface area contributed by atoms with Crippen molar-refractivity contribution in [3.63, 3.8) is 0 Å². The number of hydrogen-bond acceptors (Lipinski definition) is 4. The number of ether oxygens (including phenoxy) is 2. The number of halogens is 3. The van der Waals surface area contributed by atoms with Crippen molar-refractivity contribution in [3.8, 4) is 28.4 Å². The van der Waals surface area contributed by atoms with Crippen molar-refractivity contribution in [1.82, 2.24) is 4.90 Å². The van der Waals surface area contributed by atoms with Crippen molar-refractivity contribution in [3.05, 3.63) is 82.9 Å². The third kappa shape index (κ3) is 5.93. The molecule has 0 amide bonds. The molecule has 2 aliphatic rings. The molecule has 4 nitrogen and oxygen atoms in total. The Hall–Kier alpha value is -3.45. The maximum atomic E-state index is 15.2. The Labute approximate surface area is 227 Å². The van der Waals surface area contributed by atoms with E-state index in [-0.39, 0.29) is 36.4 Å². The summed E-state index contributed by atoms with van der Waals surface area (Å²) in [5, 5.41) is 10.8. The first-order valence-electron chi connectivity index (χ1n) is 13.7. The van der Waals surface area contributed by atoms with E-state index in [2.05, 4.69) is 11.0 Å². The number of alkyl halides is 1. The Bertz CT molecular complexity index is 1340. The molecule has 206 valence electrons. The van der Waals surface area contributed by atoms with E-state index in [1.165, 1.54) is 0 Å². The van der Waals surface area contributed by atoms with Gasteiger partial charge in [-0.1, -0.05) is 24.3 Å². The lowest BCUT2D eigenvalue weighted by molar-refractivity contribution is 0.198. The standard InChI is InChI=1S/C32H34F3NO3/c1-2-38-31-19-28(34)27(18-29(31)35)32-26-7-4-3-6-24(25(26)12-13-30(32)37)21-8-10-22(11-9-21)39-23-14-17-36(20-23)16-5-15-33/h6,8-13,18-19,23,37H,2-5,7,14-17,20H2,1H3/t23-/m0/s1. The van der Waals surface area contributed by atoms with E-state index in [4.69, 9.17) is 9.47 Å². The zero-order valence-corrected chi connectivity index (χ0v) is 22.2. The van der Waals surface area contributed by atoms with Crippen LogP contribution >= 0.6 is 0 Å². The van der Waals surface area contributed by atoms with E-state index in [1.807, 2.05) is 30.3 Å². The molecule has 39 heavy (non-hydrogen) atoms. The number of hydrogen-bond donors (Lipinski definition) is 1. The molecule has 0 saturated carbocycles. The topological polar surface area (TPSA) is 41.9 Å². The smallest absolute Gasteiger partial charge is 0.165 e. The molecule has 0 radical (unpaired) electrons. The Morgan fingerprint density at radius 2 is 1.85 bits per heavy atom. The lowest BCUT2D eigenvalue weighted by atomic mass is 9.87. The van der Waals surface area contributed by atoms with Crippen molar-refractivity contribution >= 4 is 5.57 Å². The van der Waals surface area contributed by atoms with Crippen LogP contribution in [0.5, 0.6) is 17.2 Å². The van der Waals surface area contributed by atoms with Crippen LogP contribution in [0.2, 0.25) is 0 Å². The van der Waals surface area contributed by atoms with Gasteiger partial charge in [0, 0.05) is 36.8 Å². The van der Waals surface area contributed by atoms with Gasteiger partial charge in [-0.25, -0.2) is 8.78 Å². The van der Waals surface area contributed by atoms with Crippen LogP contribution in [0.15, 0.2) is 54.6 Å². The van der Waals surface area contributed by atoms with Gasteiger partial charge in [0.05, 0.1) is 13.3 Å². The largest absolute Gasteiger partial charge is 0.507 e. The minimum absolute atomic E-state index is 0.0208. The summed E-state index contributed by atoms with van der Waals surface area (Å²) in [6.45, 7) is 4.11. The first kappa shape index (κ1) is 27.1. The Morgan fingerprint density at radius 1 is 1.03 bits per heavy atom. The van der Waals surface area contributed by atoms with Crippen molar-refractivity contribution in [2.45, 2.75) is 45.1 Å². The molecule has 1 N–H and O–H groups in total. The number of allylic oxidation sites excluding steroid dienone is 1. The summed E-state index contributed by atoms with van der Waals surface area (Å²) >= 11 is 0. The molecule has 1 saturated heterocycles. The summed E-state index contributed by atoms with van der Waals surface area (Å²) in [5.74, 6) is -0.761. The van der Waals surface area contributed by atoms with Crippen LogP contribution in [0.25, 0.3) is 16.7 Å². The van der Waals surface area contributed by atoms with Crippen molar-refractivity contribution in [1.29, 1.82) is 0 Å². The summed E-state index contributed by atoms with van der Waals surface area (Å²) in [6.07, 6.45) is 5.98. The number of rotatable bonds is 9. The molecule has 1 atom stereocenters. The van der Waals surface area contributed by atoms with Gasteiger partial charge in [-0.2, -0.15) is 0 Å². The molecule has 3 aromatic rings. The number of phenols is 1. The monoisotopic (exact) mass is 537 g/mol. The quantitative estimate of drug-likeness (QED) is 0.311. The maximum Gasteiger partial charge on any atom is 0.165 e. The van der Waals surface area contributed by atoms with Crippen LogP contribution < -0.4 is 9.47 Å². The van der Waals surface area contributed by atoms with E-state index >= 15 is 4.39 Å². The lowest BCUT2D eigenvalue weighted by Gasteiger charge is -2.19. The first-order valence-corrected chi connectivity index (χ1v) is 13.7. The fourth-order valence-corrected chi connectivity index (χ4v) is 5.63. The minimum atomic E-state index is -0.668. The molecule has 0 bridgehead atoms. The molecule has 0 spiro atoms. The predicted octanol–water partition coefficient (Wildman–Crippen LogP) is 7.32. The van der Waals surface area contributed by atoms with Gasteiger partial charge < -0.3 is 14.6 Å². The first-order chi connectivity index (χ1) is 19.0. The number of phenolic OH excluding ortho intramolecular Hbond substituents is 1. The molecule has 7 heteroatoms. The van der Waals surface area contributed by atoms with Gasteiger partial charge in [0.25, 0.3) is 0 Å². The third-order valence-electron chi connectivity index (χ3n) is 7.46. The highest BCUT2D eigenvalue weighted by Crippen LogP contribution is 2.43. The van der Waals surface area contributed by atoms with Crippen molar-refractivity contribution in [2.75, 3.05) is 32.9 Å². The Morgan fingerprint density at radius 3 is 2.62 bits per heavy atom. The lowest BCUT2D eigenvalue weighted by Crippen LogP contribution is -2.26. The van der Waals surface area contributed by atoms with Crippen LogP contribution in [0.3, 0.4) is 0 Å². The zero-order valence-electron chi connectivity index (χ0n) is 22.2. The number of fused-ring (bicyclic) bond motifs is 1. The number of nitrogens with zero attached hydrogens (tertiary/aromatic N) is 1. The zero-order chi connectivity index (χ0) is 27.4. The van der Waals surface area contributed by atoms with Gasteiger partial charge >= 0.3 is 0 Å². The van der Waals surface area contributed by atoms with Gasteiger partial charge in [-0.05, 0) is 85.6 Å². The van der Waals surface area contributed by atoms with E-state index in [0.29, 0.717) is 18.4 Å². The van der Waals surface area contributed by atoms with Crippen molar-refractivity contribution in [2.24, 2.45) is 0 Å². The summed E-state index contributed by atoms with van der Waals surface area (Å²) in [6, 6.07) is 13.5. The molecule has 0 unspecified atom stereocenters. The number of aromatic hydroxyl groups is 1. The van der Waals surface area contributed by atoms with E-state index < -0.39 is 11.6 Å². The molecular formula is C32H34F3NO3. The summed E-state index contributed by atoms with van der Waals surface area (Å²) < 4.78 is 53.8. The van der Waals surface area contributed by atoms with Crippen LogP contribution in [-0.4, -0.2) is 49.0 Å². The minimum Gasteiger partial charge on any atom is -0.507 e. The summed E-state index contributed by atoms with van der Waals surface area (Å²) in [4.78, 5) is 2.23. The van der Waals surface area contributed by atoms with Gasteiger partial charge in [0.1, 0.15) is 23.4 Å². The molecule has 1 aliphatic heterocycles. The van der Waals surface area contributed by atoms with E-state index in [9.17, 15) is 13.9 Å². The molecule has 1 aliphatic carbocycles. The second-order valence-electron chi connectivity index (χ2n) is 10.1. The fourth-order valence-electron chi connectivity index (χ4n) is 5.63. The van der Waals surface area contributed by atoms with E-state index in [1.54, 1.807) is 13.0 Å². The molecule has 1 fully saturated rings. The van der Waals surface area contributed by atoms with Gasteiger partial charge in [0.2, 0.25) is 0 Å². The maximum absolute atomic E-state index is 15.2. The predicted molar refractivity (Wildman–Crippen MR) is 147 cm³/mol. The van der Waals surface area contributed by atoms with Gasteiger partial charge in [-0.3, -0.25) is 9.29 Å². The number of likely N-dealkylation sites (tertiary alicyclic amines) is 1. The summed E-state index contributed by atoms with van der Waals surface area (Å²) in [5.41, 5.74) is 3.99. The SMILES string of the molecule is CCOc1cc(F)c(-c2c(O)ccc3c2CCCC=C3c2ccc(O[C@H]3CCN(CCCF)C3)cc2)cc1F. The average molecular weight is 538 g/mol. The molecule has 1 heterocycles. The normalized spacial score (nSPS) is 17.4. The molecule has 3 aromatic carbocycles. The van der Waals surface area contributed by atoms with Crippen LogP contribution in [0.1, 0.15) is 49.3 Å². The van der Waals surface area contributed by atoms with Gasteiger partial charge in [-0.15, -0.1) is 0 Å². The Kier molecular flexibility index (Phi) is 8.46. The average Bonchev–Trinajstić information content (AvgIpc) is 3.26. The fraction of sp³-hybridized carbons (Fsp3) is 0.375. The number of benzene rings is 3. The van der Waals surface area contributed by atoms with Crippen LogP contribution in [-0.2, 0) is 6.42 Å². The highest BCUT2D eigenvalue weighted by Gasteiger charge is 2.25. The van der Waals surface area contributed by atoms with Crippen molar-refractivity contribution < 1.29 is 27.8 Å². The second kappa shape index (κ2) is 12.2. The summed E-state index contributed by atoms with van der Waals surface area (Å²) in [7, 11) is 0. The molecule has 0 aromatic heterocycles. The Balaban J connectivity index is 1.42.